The molecule has 0 aliphatic carbocycles. The zero-order valence-corrected chi connectivity index (χ0v) is 16.1. The van der Waals surface area contributed by atoms with Gasteiger partial charge in [-0.05, 0) is 56.3 Å². The fourth-order valence-electron chi connectivity index (χ4n) is 3.23. The number of benzene rings is 2. The SMILES string of the molecule is Cc1nn(-c2ccc(C(=O)Nc3cccc4c3ccn4C)cc2)c(C)c1Cl. The molecule has 1 N–H and O–H groups in total. The van der Waals surface area contributed by atoms with E-state index < -0.39 is 0 Å². The number of carbonyl (C=O) groups is 1. The monoisotopic (exact) mass is 378 g/mol. The Morgan fingerprint density at radius 1 is 1.07 bits per heavy atom. The van der Waals surface area contributed by atoms with Crippen LogP contribution in [0.4, 0.5) is 5.69 Å². The number of carbonyl (C=O) groups excluding carboxylic acids is 1. The third-order valence-electron chi connectivity index (χ3n) is 4.75. The maximum Gasteiger partial charge on any atom is 0.255 e. The van der Waals surface area contributed by atoms with Crippen molar-refractivity contribution < 1.29 is 4.79 Å². The van der Waals surface area contributed by atoms with Gasteiger partial charge >= 0.3 is 0 Å². The molecular formula is C21H19ClN4O. The topological polar surface area (TPSA) is 51.9 Å². The van der Waals surface area contributed by atoms with E-state index >= 15 is 0 Å². The minimum absolute atomic E-state index is 0.149. The van der Waals surface area contributed by atoms with Gasteiger partial charge in [0.1, 0.15) is 0 Å². The zero-order valence-electron chi connectivity index (χ0n) is 15.3. The van der Waals surface area contributed by atoms with E-state index in [0.29, 0.717) is 10.6 Å². The third kappa shape index (κ3) is 3.00. The van der Waals surface area contributed by atoms with Crippen LogP contribution in [-0.2, 0) is 7.05 Å². The number of rotatable bonds is 3. The number of hydrogen-bond acceptors (Lipinski definition) is 2. The Balaban J connectivity index is 1.60. The van der Waals surface area contributed by atoms with Crippen molar-refractivity contribution in [1.29, 1.82) is 0 Å². The Morgan fingerprint density at radius 2 is 1.81 bits per heavy atom. The summed E-state index contributed by atoms with van der Waals surface area (Å²) in [6.07, 6.45) is 1.98. The zero-order chi connectivity index (χ0) is 19.1. The summed E-state index contributed by atoms with van der Waals surface area (Å²) in [5.74, 6) is -0.149. The minimum Gasteiger partial charge on any atom is -0.350 e. The number of nitrogens with zero attached hydrogens (tertiary/aromatic N) is 3. The highest BCUT2D eigenvalue weighted by molar-refractivity contribution is 6.31. The summed E-state index contributed by atoms with van der Waals surface area (Å²) in [5.41, 5.74) is 4.98. The van der Waals surface area contributed by atoms with E-state index in [-0.39, 0.29) is 5.91 Å². The highest BCUT2D eigenvalue weighted by Crippen LogP contribution is 2.25. The van der Waals surface area contributed by atoms with Gasteiger partial charge in [-0.2, -0.15) is 5.10 Å². The molecule has 2 aromatic carbocycles. The largest absolute Gasteiger partial charge is 0.350 e. The van der Waals surface area contributed by atoms with Crippen LogP contribution in [0.15, 0.2) is 54.7 Å². The smallest absolute Gasteiger partial charge is 0.255 e. The van der Waals surface area contributed by atoms with E-state index in [9.17, 15) is 4.79 Å². The van der Waals surface area contributed by atoms with Gasteiger partial charge in [0.2, 0.25) is 0 Å². The highest BCUT2D eigenvalue weighted by atomic mass is 35.5. The van der Waals surface area contributed by atoms with Crippen LogP contribution in [0.2, 0.25) is 5.02 Å². The summed E-state index contributed by atoms with van der Waals surface area (Å²) >= 11 is 6.22. The molecule has 0 fully saturated rings. The van der Waals surface area contributed by atoms with Gasteiger partial charge in [0.25, 0.3) is 5.91 Å². The van der Waals surface area contributed by atoms with Gasteiger partial charge in [0.05, 0.1) is 27.8 Å². The molecule has 6 heteroatoms. The molecular weight excluding hydrogens is 360 g/mol. The maximum absolute atomic E-state index is 12.7. The van der Waals surface area contributed by atoms with Crippen molar-refractivity contribution in [2.24, 2.45) is 7.05 Å². The Bertz CT molecular complexity index is 1160. The number of halogens is 1. The molecule has 2 heterocycles. The van der Waals surface area contributed by atoms with E-state index in [1.165, 1.54) is 0 Å². The molecule has 0 saturated carbocycles. The molecule has 0 bridgehead atoms. The standard InChI is InChI=1S/C21H19ClN4O/c1-13-20(22)14(2)26(24-13)16-9-7-15(8-10-16)21(27)23-18-5-4-6-19-17(18)11-12-25(19)3/h4-12H,1-3H3,(H,23,27). The lowest BCUT2D eigenvalue weighted by atomic mass is 10.1. The number of aryl methyl sites for hydroxylation is 2. The second-order valence-electron chi connectivity index (χ2n) is 6.56. The van der Waals surface area contributed by atoms with Crippen molar-refractivity contribution in [2.75, 3.05) is 5.32 Å². The number of hydrogen-bond donors (Lipinski definition) is 1. The van der Waals surface area contributed by atoms with Crippen LogP contribution in [0.5, 0.6) is 0 Å². The number of fused-ring (bicyclic) bond motifs is 1. The van der Waals surface area contributed by atoms with Crippen molar-refractivity contribution in [3.8, 4) is 5.69 Å². The normalized spacial score (nSPS) is 11.1. The molecule has 4 aromatic rings. The van der Waals surface area contributed by atoms with Gasteiger partial charge < -0.3 is 9.88 Å². The first-order chi connectivity index (χ1) is 13.0. The van der Waals surface area contributed by atoms with Crippen LogP contribution < -0.4 is 5.32 Å². The van der Waals surface area contributed by atoms with Gasteiger partial charge in [0, 0.05) is 29.7 Å². The number of nitrogens with one attached hydrogen (secondary N) is 1. The highest BCUT2D eigenvalue weighted by Gasteiger charge is 2.13. The summed E-state index contributed by atoms with van der Waals surface area (Å²) in [6, 6.07) is 15.2. The van der Waals surface area contributed by atoms with Crippen molar-refractivity contribution in [2.45, 2.75) is 13.8 Å². The first-order valence-electron chi connectivity index (χ1n) is 8.63. The fourth-order valence-corrected chi connectivity index (χ4v) is 3.35. The Kier molecular flexibility index (Phi) is 4.24. The van der Waals surface area contributed by atoms with Crippen LogP contribution in [0.25, 0.3) is 16.6 Å². The van der Waals surface area contributed by atoms with Gasteiger partial charge in [-0.15, -0.1) is 0 Å². The van der Waals surface area contributed by atoms with Gasteiger partial charge in [-0.25, -0.2) is 4.68 Å². The van der Waals surface area contributed by atoms with Gasteiger partial charge in [-0.3, -0.25) is 4.79 Å². The molecule has 0 spiro atoms. The van der Waals surface area contributed by atoms with Crippen LogP contribution in [0.3, 0.4) is 0 Å². The summed E-state index contributed by atoms with van der Waals surface area (Å²) in [5, 5.41) is 9.12. The third-order valence-corrected chi connectivity index (χ3v) is 5.30. The average molecular weight is 379 g/mol. The van der Waals surface area contributed by atoms with Gasteiger partial charge in [0.15, 0.2) is 0 Å². The minimum atomic E-state index is -0.149. The maximum atomic E-state index is 12.7. The molecule has 27 heavy (non-hydrogen) atoms. The first-order valence-corrected chi connectivity index (χ1v) is 9.01. The lowest BCUT2D eigenvalue weighted by molar-refractivity contribution is 0.102. The average Bonchev–Trinajstić information content (AvgIpc) is 3.18. The van der Waals surface area contributed by atoms with E-state index in [1.807, 2.05) is 68.1 Å². The molecule has 0 aliphatic heterocycles. The van der Waals surface area contributed by atoms with Crippen molar-refractivity contribution in [3.05, 3.63) is 76.7 Å². The predicted octanol–water partition coefficient (Wildman–Crippen LogP) is 4.89. The van der Waals surface area contributed by atoms with Crippen LogP contribution in [-0.4, -0.2) is 20.3 Å². The molecule has 0 saturated heterocycles. The van der Waals surface area contributed by atoms with E-state index in [2.05, 4.69) is 10.4 Å². The molecule has 0 unspecified atom stereocenters. The molecule has 0 atom stereocenters. The quantitative estimate of drug-likeness (QED) is 0.552. The Morgan fingerprint density at radius 3 is 2.48 bits per heavy atom. The second kappa shape index (κ2) is 6.59. The molecule has 5 nitrogen and oxygen atoms in total. The summed E-state index contributed by atoms with van der Waals surface area (Å²) < 4.78 is 3.81. The van der Waals surface area contributed by atoms with E-state index in [0.717, 1.165) is 33.7 Å². The number of anilines is 1. The Hall–Kier alpha value is -3.05. The first kappa shape index (κ1) is 17.4. The number of amides is 1. The Labute approximate surface area is 162 Å². The van der Waals surface area contributed by atoms with Crippen LogP contribution in [0, 0.1) is 13.8 Å². The molecule has 4 rings (SSSR count). The lowest BCUT2D eigenvalue weighted by Crippen LogP contribution is -2.12. The summed E-state index contributed by atoms with van der Waals surface area (Å²) in [7, 11) is 1.98. The second-order valence-corrected chi connectivity index (χ2v) is 6.94. The molecule has 136 valence electrons. The molecule has 1 amide bonds. The predicted molar refractivity (Wildman–Crippen MR) is 109 cm³/mol. The summed E-state index contributed by atoms with van der Waals surface area (Å²) in [4.78, 5) is 12.7. The molecule has 0 radical (unpaired) electrons. The molecule has 0 aliphatic rings. The number of aromatic nitrogens is 3. The van der Waals surface area contributed by atoms with Gasteiger partial charge in [-0.1, -0.05) is 17.7 Å². The van der Waals surface area contributed by atoms with Crippen LogP contribution in [0.1, 0.15) is 21.7 Å². The van der Waals surface area contributed by atoms with E-state index in [4.69, 9.17) is 11.6 Å². The van der Waals surface area contributed by atoms with Crippen LogP contribution >= 0.6 is 11.6 Å². The van der Waals surface area contributed by atoms with Crippen molar-refractivity contribution in [3.63, 3.8) is 0 Å². The van der Waals surface area contributed by atoms with Crippen molar-refractivity contribution >= 4 is 34.1 Å². The lowest BCUT2D eigenvalue weighted by Gasteiger charge is -2.09. The fraction of sp³-hybridized carbons (Fsp3) is 0.143. The molecule has 2 aromatic heterocycles. The summed E-state index contributed by atoms with van der Waals surface area (Å²) in [6.45, 7) is 3.79. The van der Waals surface area contributed by atoms with E-state index in [1.54, 1.807) is 16.8 Å². The van der Waals surface area contributed by atoms with Crippen molar-refractivity contribution in [1.82, 2.24) is 14.3 Å².